The Morgan fingerprint density at radius 2 is 1.43 bits per heavy atom. The fourth-order valence-electron chi connectivity index (χ4n) is 0. The molecule has 0 radical (unpaired) electrons. The average molecular weight is 106 g/mol. The van der Waals surface area contributed by atoms with Gasteiger partial charge in [-0.3, -0.25) is 0 Å². The normalized spacial score (nSPS) is 12.9. The molecule has 0 heterocycles. The van der Waals surface area contributed by atoms with Gasteiger partial charge >= 0.3 is 0 Å². The van der Waals surface area contributed by atoms with Crippen molar-refractivity contribution in [3.05, 3.63) is 0 Å². The number of aliphatic hydroxyl groups excluding tert-OH is 1. The van der Waals surface area contributed by atoms with Crippen LogP contribution in [0, 0.1) is 0 Å². The Morgan fingerprint density at radius 3 is 1.43 bits per heavy atom. The van der Waals surface area contributed by atoms with Gasteiger partial charge in [0.05, 0.1) is 0 Å². The fraction of sp³-hybridized carbons (Fsp3) is 1.00. The van der Waals surface area contributed by atoms with E-state index >= 15 is 0 Å². The van der Waals surface area contributed by atoms with E-state index < -0.39 is 11.9 Å². The number of hydrogen-bond acceptors (Lipinski definition) is 3. The van der Waals surface area contributed by atoms with Crippen LogP contribution >= 0.6 is 0 Å². The fourth-order valence-corrected chi connectivity index (χ4v) is 0. The van der Waals surface area contributed by atoms with E-state index in [1.807, 2.05) is 0 Å². The van der Waals surface area contributed by atoms with Crippen LogP contribution in [0.5, 0.6) is 0 Å². The first-order chi connectivity index (χ1) is 2.94. The standard InChI is InChI=1S/C4H10O3/c1-4(2,7)3(5)6/h3,5-7H,1-2H3. The van der Waals surface area contributed by atoms with Crippen LogP contribution in [0.1, 0.15) is 13.8 Å². The van der Waals surface area contributed by atoms with Gasteiger partial charge in [0.2, 0.25) is 0 Å². The molecular weight excluding hydrogens is 96.0 g/mol. The number of rotatable bonds is 1. The molecular formula is C4H10O3. The largest absolute Gasteiger partial charge is 0.385 e. The van der Waals surface area contributed by atoms with E-state index in [1.165, 1.54) is 13.8 Å². The monoisotopic (exact) mass is 106 g/mol. The van der Waals surface area contributed by atoms with Gasteiger partial charge in [0, 0.05) is 0 Å². The summed E-state index contributed by atoms with van der Waals surface area (Å²) in [4.78, 5) is 0. The number of hydrogen-bond donors (Lipinski definition) is 3. The molecule has 3 N–H and O–H groups in total. The summed E-state index contributed by atoms with van der Waals surface area (Å²) in [6, 6.07) is 0. The minimum Gasteiger partial charge on any atom is -0.385 e. The molecule has 0 amide bonds. The first-order valence-electron chi connectivity index (χ1n) is 2.03. The van der Waals surface area contributed by atoms with Gasteiger partial charge in [-0.25, -0.2) is 0 Å². The Kier molecular flexibility index (Phi) is 1.75. The zero-order valence-corrected chi connectivity index (χ0v) is 4.42. The van der Waals surface area contributed by atoms with Crippen LogP contribution in [0.4, 0.5) is 0 Å². The van der Waals surface area contributed by atoms with Crippen LogP contribution in [-0.4, -0.2) is 27.2 Å². The molecule has 0 aliphatic carbocycles. The summed E-state index contributed by atoms with van der Waals surface area (Å²) in [5.41, 5.74) is -1.39. The molecule has 0 aromatic heterocycles. The molecule has 0 aromatic carbocycles. The summed E-state index contributed by atoms with van der Waals surface area (Å²) in [5.74, 6) is 0. The topological polar surface area (TPSA) is 60.7 Å². The summed E-state index contributed by atoms with van der Waals surface area (Å²) >= 11 is 0. The van der Waals surface area contributed by atoms with Crippen molar-refractivity contribution in [1.82, 2.24) is 0 Å². The molecule has 3 nitrogen and oxygen atoms in total. The molecule has 0 fully saturated rings. The summed E-state index contributed by atoms with van der Waals surface area (Å²) < 4.78 is 0. The minimum atomic E-state index is -1.65. The Morgan fingerprint density at radius 1 is 1.29 bits per heavy atom. The van der Waals surface area contributed by atoms with Crippen molar-refractivity contribution in [1.29, 1.82) is 0 Å². The maximum atomic E-state index is 8.59. The van der Waals surface area contributed by atoms with Crippen LogP contribution in [0.3, 0.4) is 0 Å². The molecule has 0 aromatic rings. The second-order valence-electron chi connectivity index (χ2n) is 2.03. The van der Waals surface area contributed by atoms with Gasteiger partial charge < -0.3 is 15.3 Å². The zero-order valence-electron chi connectivity index (χ0n) is 4.42. The van der Waals surface area contributed by atoms with Gasteiger partial charge in [-0.05, 0) is 13.8 Å². The molecule has 44 valence electrons. The summed E-state index contributed by atoms with van der Waals surface area (Å²) in [7, 11) is 0. The van der Waals surface area contributed by atoms with Gasteiger partial charge in [0.25, 0.3) is 0 Å². The third-order valence-electron chi connectivity index (χ3n) is 0.632. The van der Waals surface area contributed by atoms with E-state index in [2.05, 4.69) is 0 Å². The van der Waals surface area contributed by atoms with Gasteiger partial charge in [-0.15, -0.1) is 0 Å². The predicted molar refractivity (Wildman–Crippen MR) is 24.5 cm³/mol. The maximum Gasteiger partial charge on any atom is 0.180 e. The SMILES string of the molecule is CC(C)(O)C(O)O. The van der Waals surface area contributed by atoms with E-state index in [9.17, 15) is 0 Å². The molecule has 0 aliphatic heterocycles. The highest BCUT2D eigenvalue weighted by Gasteiger charge is 2.20. The van der Waals surface area contributed by atoms with Gasteiger partial charge in [-0.1, -0.05) is 0 Å². The molecule has 0 saturated heterocycles. The van der Waals surface area contributed by atoms with E-state index in [-0.39, 0.29) is 0 Å². The van der Waals surface area contributed by atoms with Crippen LogP contribution in [-0.2, 0) is 0 Å². The summed E-state index contributed by atoms with van der Waals surface area (Å²) in [5, 5.41) is 25.0. The third kappa shape index (κ3) is 2.56. The van der Waals surface area contributed by atoms with E-state index in [0.717, 1.165) is 0 Å². The number of aliphatic hydroxyl groups is 3. The lowest BCUT2D eigenvalue weighted by Crippen LogP contribution is -2.35. The average Bonchev–Trinajstić information content (AvgIpc) is 1.31. The van der Waals surface area contributed by atoms with Crippen molar-refractivity contribution in [2.24, 2.45) is 0 Å². The molecule has 0 atom stereocenters. The van der Waals surface area contributed by atoms with E-state index in [1.54, 1.807) is 0 Å². The second kappa shape index (κ2) is 1.78. The molecule has 0 rings (SSSR count). The molecule has 0 aliphatic rings. The summed E-state index contributed by atoms with van der Waals surface area (Å²) in [6.07, 6.45) is -1.65. The Bertz CT molecular complexity index is 52.4. The van der Waals surface area contributed by atoms with Gasteiger partial charge in [-0.2, -0.15) is 0 Å². The van der Waals surface area contributed by atoms with Crippen molar-refractivity contribution in [2.45, 2.75) is 25.7 Å². The van der Waals surface area contributed by atoms with Gasteiger partial charge in [0.1, 0.15) is 5.60 Å². The zero-order chi connectivity index (χ0) is 6.08. The van der Waals surface area contributed by atoms with Crippen molar-refractivity contribution < 1.29 is 15.3 Å². The highest BCUT2D eigenvalue weighted by molar-refractivity contribution is 4.65. The highest BCUT2D eigenvalue weighted by atomic mass is 16.5. The predicted octanol–water partition coefficient (Wildman–Crippen LogP) is -0.932. The quantitative estimate of drug-likeness (QED) is 0.378. The Labute approximate surface area is 42.2 Å². The maximum absolute atomic E-state index is 8.59. The highest BCUT2D eigenvalue weighted by Crippen LogP contribution is 2.03. The lowest BCUT2D eigenvalue weighted by molar-refractivity contribution is -0.166. The van der Waals surface area contributed by atoms with Crippen LogP contribution in [0.15, 0.2) is 0 Å². The summed E-state index contributed by atoms with van der Waals surface area (Å²) in [6.45, 7) is 2.63. The van der Waals surface area contributed by atoms with Crippen molar-refractivity contribution >= 4 is 0 Å². The van der Waals surface area contributed by atoms with E-state index in [0.29, 0.717) is 0 Å². The first kappa shape index (κ1) is 6.88. The van der Waals surface area contributed by atoms with Crippen LogP contribution < -0.4 is 0 Å². The van der Waals surface area contributed by atoms with Crippen molar-refractivity contribution in [2.75, 3.05) is 0 Å². The molecule has 7 heavy (non-hydrogen) atoms. The van der Waals surface area contributed by atoms with Crippen molar-refractivity contribution in [3.63, 3.8) is 0 Å². The second-order valence-corrected chi connectivity index (χ2v) is 2.03. The van der Waals surface area contributed by atoms with Crippen LogP contribution in [0.25, 0.3) is 0 Å². The smallest absolute Gasteiger partial charge is 0.180 e. The molecule has 0 spiro atoms. The van der Waals surface area contributed by atoms with Gasteiger partial charge in [0.15, 0.2) is 6.29 Å². The van der Waals surface area contributed by atoms with Crippen LogP contribution in [0.2, 0.25) is 0 Å². The third-order valence-corrected chi connectivity index (χ3v) is 0.632. The molecule has 0 bridgehead atoms. The molecule has 3 heteroatoms. The lowest BCUT2D eigenvalue weighted by Gasteiger charge is -2.18. The lowest BCUT2D eigenvalue weighted by atomic mass is 10.1. The first-order valence-corrected chi connectivity index (χ1v) is 2.03. The molecule has 0 unspecified atom stereocenters. The minimum absolute atomic E-state index is 1.32. The Hall–Kier alpha value is -0.120. The van der Waals surface area contributed by atoms with Crippen molar-refractivity contribution in [3.8, 4) is 0 Å². The van der Waals surface area contributed by atoms with E-state index in [4.69, 9.17) is 15.3 Å². The Balaban J connectivity index is 3.54. The molecule has 0 saturated carbocycles.